The van der Waals surface area contributed by atoms with Gasteiger partial charge in [0.2, 0.25) is 0 Å². The highest BCUT2D eigenvalue weighted by molar-refractivity contribution is 5.09. The van der Waals surface area contributed by atoms with E-state index in [1.165, 1.54) is 89.9 Å². The molecule has 0 heteroatoms. The van der Waals surface area contributed by atoms with Gasteiger partial charge in [-0.2, -0.15) is 0 Å². The molecule has 0 radical (unpaired) electrons. The van der Waals surface area contributed by atoms with Crippen LogP contribution in [0.4, 0.5) is 0 Å². The summed E-state index contributed by atoms with van der Waals surface area (Å²) in [6, 6.07) is 0. The van der Waals surface area contributed by atoms with Gasteiger partial charge in [-0.3, -0.25) is 0 Å². The van der Waals surface area contributed by atoms with Crippen LogP contribution < -0.4 is 0 Å². The van der Waals surface area contributed by atoms with Crippen LogP contribution in [0.2, 0.25) is 0 Å². The summed E-state index contributed by atoms with van der Waals surface area (Å²) in [7, 11) is 0. The van der Waals surface area contributed by atoms with Crippen molar-refractivity contribution in [3.8, 4) is 0 Å². The minimum atomic E-state index is 0.600. The van der Waals surface area contributed by atoms with Crippen LogP contribution in [0.3, 0.4) is 0 Å². The van der Waals surface area contributed by atoms with E-state index in [9.17, 15) is 0 Å². The van der Waals surface area contributed by atoms with Crippen LogP contribution in [-0.4, -0.2) is 0 Å². The Morgan fingerprint density at radius 1 is 0.759 bits per heavy atom. The molecule has 3 aliphatic carbocycles. The average molecular weight is 403 g/mol. The molecule has 0 N–H and O–H groups in total. The second-order valence-corrected chi connectivity index (χ2v) is 13.2. The Morgan fingerprint density at radius 3 is 2.17 bits per heavy atom. The summed E-state index contributed by atoms with van der Waals surface area (Å²) in [5, 5.41) is 0. The molecule has 0 aromatic heterocycles. The van der Waals surface area contributed by atoms with Gasteiger partial charge in [0.1, 0.15) is 0 Å². The van der Waals surface area contributed by atoms with E-state index in [0.29, 0.717) is 16.2 Å². The molecule has 0 aromatic rings. The number of hydrogen-bond acceptors (Lipinski definition) is 0. The first-order valence-corrected chi connectivity index (χ1v) is 13.6. The summed E-state index contributed by atoms with van der Waals surface area (Å²) < 4.78 is 0. The van der Waals surface area contributed by atoms with Crippen molar-refractivity contribution < 1.29 is 0 Å². The summed E-state index contributed by atoms with van der Waals surface area (Å²) in [5.41, 5.74) is 1.86. The molecule has 29 heavy (non-hydrogen) atoms. The largest absolute Gasteiger partial charge is 0.0628 e. The molecule has 0 nitrogen and oxygen atoms in total. The molecule has 3 rings (SSSR count). The topological polar surface area (TPSA) is 0 Å². The Hall–Kier alpha value is 0. The Labute approximate surface area is 184 Å². The van der Waals surface area contributed by atoms with Crippen LogP contribution in [0.1, 0.15) is 138 Å². The van der Waals surface area contributed by atoms with Crippen molar-refractivity contribution in [2.24, 2.45) is 45.8 Å². The third-order valence-electron chi connectivity index (χ3n) is 11.1. The van der Waals surface area contributed by atoms with Gasteiger partial charge in [0.25, 0.3) is 0 Å². The van der Waals surface area contributed by atoms with Crippen molar-refractivity contribution in [3.63, 3.8) is 0 Å². The van der Waals surface area contributed by atoms with Crippen LogP contribution in [-0.2, 0) is 0 Å². The maximum atomic E-state index is 2.73. The van der Waals surface area contributed by atoms with Gasteiger partial charge >= 0.3 is 0 Å². The Kier molecular flexibility index (Phi) is 7.54. The summed E-state index contributed by atoms with van der Waals surface area (Å²) in [4.78, 5) is 0. The summed E-state index contributed by atoms with van der Waals surface area (Å²) in [6.07, 6.45) is 20.8. The minimum absolute atomic E-state index is 0.600. The summed E-state index contributed by atoms with van der Waals surface area (Å²) in [5.74, 6) is 4.73. The van der Waals surface area contributed by atoms with Gasteiger partial charge < -0.3 is 0 Å². The quantitative estimate of drug-likeness (QED) is 0.379. The van der Waals surface area contributed by atoms with Gasteiger partial charge in [0.15, 0.2) is 0 Å². The lowest BCUT2D eigenvalue weighted by Gasteiger charge is -2.66. The van der Waals surface area contributed by atoms with Gasteiger partial charge in [0, 0.05) is 0 Å². The van der Waals surface area contributed by atoms with E-state index in [0.717, 1.165) is 29.6 Å². The highest BCUT2D eigenvalue weighted by Crippen LogP contribution is 2.69. The Morgan fingerprint density at radius 2 is 1.45 bits per heavy atom. The predicted molar refractivity (Wildman–Crippen MR) is 129 cm³/mol. The first kappa shape index (κ1) is 23.7. The molecule has 0 heterocycles. The van der Waals surface area contributed by atoms with Gasteiger partial charge in [0.05, 0.1) is 0 Å². The van der Waals surface area contributed by atoms with Crippen molar-refractivity contribution >= 4 is 0 Å². The molecule has 0 spiro atoms. The minimum Gasteiger partial charge on any atom is -0.0628 e. The molecular formula is C29H54. The van der Waals surface area contributed by atoms with Crippen LogP contribution in [0.15, 0.2) is 0 Å². The summed E-state index contributed by atoms with van der Waals surface area (Å²) >= 11 is 0. The highest BCUT2D eigenvalue weighted by atomic mass is 14.6. The lowest BCUT2D eigenvalue weighted by molar-refractivity contribution is -0.164. The fourth-order valence-corrected chi connectivity index (χ4v) is 8.47. The summed E-state index contributed by atoms with van der Waals surface area (Å²) in [6.45, 7) is 18.0. The maximum Gasteiger partial charge on any atom is -0.0241 e. The Balaban J connectivity index is 1.62. The fraction of sp³-hybridized carbons (Fsp3) is 1.00. The standard InChI is InChI=1S/C29H54/c1-22(2)12-10-13-23(3)14-11-19-28(6)24(4)15-16-26-25(28)17-21-27(5)18-8-9-20-29(26,27)7/h22-26H,8-21H2,1-7H3/t23-,24-,25-,26+,27+,28+,29-/m1/s1. The SMILES string of the molecule is CC(C)CCC[C@@H](C)CCC[C@@]1(C)[C@H](C)CC[C@H]2[C@H]1CC[C@]1(C)CCCC[C@]21C. The molecule has 0 amide bonds. The maximum absolute atomic E-state index is 2.73. The fourth-order valence-electron chi connectivity index (χ4n) is 8.47. The molecule has 3 aliphatic rings. The van der Waals surface area contributed by atoms with Crippen LogP contribution >= 0.6 is 0 Å². The van der Waals surface area contributed by atoms with Crippen molar-refractivity contribution in [3.05, 3.63) is 0 Å². The number of hydrogen-bond donors (Lipinski definition) is 0. The van der Waals surface area contributed by atoms with Crippen molar-refractivity contribution in [1.82, 2.24) is 0 Å². The lowest BCUT2D eigenvalue weighted by Crippen LogP contribution is -2.57. The number of fused-ring (bicyclic) bond motifs is 3. The van der Waals surface area contributed by atoms with Crippen molar-refractivity contribution in [2.45, 2.75) is 138 Å². The molecule has 0 unspecified atom stereocenters. The van der Waals surface area contributed by atoms with Crippen LogP contribution in [0.25, 0.3) is 0 Å². The second kappa shape index (κ2) is 9.24. The number of rotatable bonds is 8. The van der Waals surface area contributed by atoms with Crippen LogP contribution in [0, 0.1) is 45.8 Å². The van der Waals surface area contributed by atoms with Gasteiger partial charge in [-0.25, -0.2) is 0 Å². The Bertz CT molecular complexity index is 520. The first-order chi connectivity index (χ1) is 13.6. The van der Waals surface area contributed by atoms with Crippen molar-refractivity contribution in [1.29, 1.82) is 0 Å². The average Bonchev–Trinajstić information content (AvgIpc) is 2.65. The monoisotopic (exact) mass is 402 g/mol. The molecule has 170 valence electrons. The molecule has 3 fully saturated rings. The van der Waals surface area contributed by atoms with Gasteiger partial charge in [-0.1, -0.05) is 93.4 Å². The first-order valence-electron chi connectivity index (χ1n) is 13.6. The van der Waals surface area contributed by atoms with Crippen molar-refractivity contribution in [2.75, 3.05) is 0 Å². The highest BCUT2D eigenvalue weighted by Gasteiger charge is 2.60. The van der Waals surface area contributed by atoms with E-state index in [2.05, 4.69) is 48.5 Å². The molecular weight excluding hydrogens is 348 g/mol. The third kappa shape index (κ3) is 4.62. The molecule has 0 aromatic carbocycles. The van der Waals surface area contributed by atoms with E-state index < -0.39 is 0 Å². The molecule has 0 saturated heterocycles. The zero-order valence-corrected chi connectivity index (χ0v) is 21.3. The third-order valence-corrected chi connectivity index (χ3v) is 11.1. The predicted octanol–water partition coefficient (Wildman–Crippen LogP) is 9.67. The zero-order valence-electron chi connectivity index (χ0n) is 21.3. The molecule has 0 aliphatic heterocycles. The van der Waals surface area contributed by atoms with E-state index in [4.69, 9.17) is 0 Å². The smallest absolute Gasteiger partial charge is 0.0241 e. The van der Waals surface area contributed by atoms with Gasteiger partial charge in [-0.05, 0) is 90.8 Å². The van der Waals surface area contributed by atoms with E-state index >= 15 is 0 Å². The molecule has 0 bridgehead atoms. The molecule has 3 saturated carbocycles. The second-order valence-electron chi connectivity index (χ2n) is 13.2. The van der Waals surface area contributed by atoms with E-state index in [1.54, 1.807) is 0 Å². The van der Waals surface area contributed by atoms with Gasteiger partial charge in [-0.15, -0.1) is 0 Å². The zero-order chi connectivity index (χ0) is 21.3. The van der Waals surface area contributed by atoms with Crippen LogP contribution in [0.5, 0.6) is 0 Å². The molecule has 7 atom stereocenters. The van der Waals surface area contributed by atoms with E-state index in [1.807, 2.05) is 0 Å². The normalized spacial score (nSPS) is 43.7. The lowest BCUT2D eigenvalue weighted by atomic mass is 9.39. The van der Waals surface area contributed by atoms with E-state index in [-0.39, 0.29) is 0 Å².